The summed E-state index contributed by atoms with van der Waals surface area (Å²) < 4.78 is 33.2. The Bertz CT molecular complexity index is 633. The van der Waals surface area contributed by atoms with E-state index < -0.39 is 10.0 Å². The average molecular weight is 367 g/mol. The molecule has 3 rings (SSSR count). The van der Waals surface area contributed by atoms with Crippen molar-refractivity contribution in [2.45, 2.75) is 61.8 Å². The number of nitrogens with two attached hydrogens (primary N) is 1. The van der Waals surface area contributed by atoms with Crippen LogP contribution in [-0.4, -0.2) is 45.1 Å². The van der Waals surface area contributed by atoms with E-state index >= 15 is 0 Å². The van der Waals surface area contributed by atoms with Crippen molar-refractivity contribution in [2.24, 2.45) is 5.73 Å². The topological polar surface area (TPSA) is 72.6 Å². The number of hydrogen-bond donors (Lipinski definition) is 1. The van der Waals surface area contributed by atoms with Crippen molar-refractivity contribution in [3.05, 3.63) is 29.8 Å². The molecule has 2 aliphatic rings. The van der Waals surface area contributed by atoms with Gasteiger partial charge in [-0.15, -0.1) is 0 Å². The van der Waals surface area contributed by atoms with Crippen molar-refractivity contribution in [1.82, 2.24) is 4.31 Å². The third-order valence-corrected chi connectivity index (χ3v) is 7.48. The number of nitrogens with zero attached hydrogens (tertiary/aromatic N) is 1. The molecule has 1 aliphatic carbocycles. The predicted molar refractivity (Wildman–Crippen MR) is 99.1 cm³/mol. The van der Waals surface area contributed by atoms with Crippen LogP contribution in [0, 0.1) is 0 Å². The van der Waals surface area contributed by atoms with Crippen LogP contribution in [0.5, 0.6) is 0 Å². The molecule has 1 saturated heterocycles. The fourth-order valence-electron chi connectivity index (χ4n) is 4.08. The highest BCUT2D eigenvalue weighted by atomic mass is 32.2. The minimum atomic E-state index is -3.51. The van der Waals surface area contributed by atoms with Crippen LogP contribution in [0.25, 0.3) is 0 Å². The molecule has 0 amide bonds. The standard InChI is InChI=1S/C19H30N2O3S/c20-12-13-21(18-10-14-24-15-11-18)25(22,23)19-8-6-17(7-9-19)16-4-2-1-3-5-16/h6-9,16,18H,1-5,10-15,20H2. The Morgan fingerprint density at radius 1 is 1.00 bits per heavy atom. The summed E-state index contributed by atoms with van der Waals surface area (Å²) in [6.07, 6.45) is 7.78. The van der Waals surface area contributed by atoms with E-state index in [0.29, 0.717) is 37.1 Å². The summed E-state index contributed by atoms with van der Waals surface area (Å²) >= 11 is 0. The summed E-state index contributed by atoms with van der Waals surface area (Å²) in [5.41, 5.74) is 6.97. The molecule has 0 bridgehead atoms. The van der Waals surface area contributed by atoms with E-state index in [1.54, 1.807) is 16.4 Å². The lowest BCUT2D eigenvalue weighted by Crippen LogP contribution is -2.45. The van der Waals surface area contributed by atoms with E-state index in [4.69, 9.17) is 10.5 Å². The summed E-state index contributed by atoms with van der Waals surface area (Å²) in [5.74, 6) is 0.584. The van der Waals surface area contributed by atoms with Crippen LogP contribution >= 0.6 is 0 Å². The Balaban J connectivity index is 1.79. The highest BCUT2D eigenvalue weighted by molar-refractivity contribution is 7.89. The van der Waals surface area contributed by atoms with Crippen molar-refractivity contribution >= 4 is 10.0 Å². The average Bonchev–Trinajstić information content (AvgIpc) is 2.67. The molecule has 1 heterocycles. The zero-order valence-corrected chi connectivity index (χ0v) is 15.7. The molecule has 140 valence electrons. The second-order valence-electron chi connectivity index (χ2n) is 7.15. The maximum absolute atomic E-state index is 13.1. The maximum Gasteiger partial charge on any atom is 0.243 e. The molecule has 6 heteroatoms. The zero-order chi connectivity index (χ0) is 17.7. The van der Waals surface area contributed by atoms with Crippen molar-refractivity contribution in [1.29, 1.82) is 0 Å². The van der Waals surface area contributed by atoms with Crippen LogP contribution in [0.4, 0.5) is 0 Å². The van der Waals surface area contributed by atoms with Crippen LogP contribution in [0.1, 0.15) is 56.4 Å². The maximum atomic E-state index is 13.1. The van der Waals surface area contributed by atoms with Crippen LogP contribution in [0.2, 0.25) is 0 Å². The van der Waals surface area contributed by atoms with E-state index in [1.165, 1.54) is 37.7 Å². The lowest BCUT2D eigenvalue weighted by atomic mass is 9.84. The number of hydrogen-bond acceptors (Lipinski definition) is 4. The zero-order valence-electron chi connectivity index (χ0n) is 14.9. The largest absolute Gasteiger partial charge is 0.381 e. The van der Waals surface area contributed by atoms with Gasteiger partial charge in [0.25, 0.3) is 0 Å². The highest BCUT2D eigenvalue weighted by Crippen LogP contribution is 2.33. The molecule has 1 aromatic carbocycles. The summed E-state index contributed by atoms with van der Waals surface area (Å²) in [6, 6.07) is 7.56. The Morgan fingerprint density at radius 2 is 1.64 bits per heavy atom. The molecule has 1 aliphatic heterocycles. The van der Waals surface area contributed by atoms with Gasteiger partial charge in [-0.3, -0.25) is 0 Å². The van der Waals surface area contributed by atoms with Gasteiger partial charge in [-0.05, 0) is 49.3 Å². The Kier molecular flexibility index (Phi) is 6.49. The number of benzene rings is 1. The van der Waals surface area contributed by atoms with E-state index in [2.05, 4.69) is 0 Å². The number of ether oxygens (including phenoxy) is 1. The molecular formula is C19H30N2O3S. The Morgan fingerprint density at radius 3 is 2.24 bits per heavy atom. The molecule has 0 unspecified atom stereocenters. The second kappa shape index (κ2) is 8.62. The minimum absolute atomic E-state index is 0.0136. The van der Waals surface area contributed by atoms with Crippen LogP contribution in [0.15, 0.2) is 29.2 Å². The third kappa shape index (κ3) is 4.42. The van der Waals surface area contributed by atoms with E-state index in [9.17, 15) is 8.42 Å². The van der Waals surface area contributed by atoms with E-state index in [1.807, 2.05) is 12.1 Å². The highest BCUT2D eigenvalue weighted by Gasteiger charge is 2.32. The van der Waals surface area contributed by atoms with Gasteiger partial charge >= 0.3 is 0 Å². The van der Waals surface area contributed by atoms with Gasteiger partial charge in [0.1, 0.15) is 0 Å². The Labute approximate surface area is 151 Å². The van der Waals surface area contributed by atoms with Crippen molar-refractivity contribution < 1.29 is 13.2 Å². The summed E-state index contributed by atoms with van der Waals surface area (Å²) in [4.78, 5) is 0.381. The van der Waals surface area contributed by atoms with Crippen LogP contribution in [-0.2, 0) is 14.8 Å². The van der Waals surface area contributed by atoms with Gasteiger partial charge in [-0.2, -0.15) is 4.31 Å². The van der Waals surface area contributed by atoms with Gasteiger partial charge in [0, 0.05) is 32.3 Å². The first-order valence-corrected chi connectivity index (χ1v) is 11.0. The van der Waals surface area contributed by atoms with Gasteiger partial charge in [0.15, 0.2) is 0 Å². The van der Waals surface area contributed by atoms with Crippen LogP contribution in [0.3, 0.4) is 0 Å². The normalized spacial score (nSPS) is 20.9. The van der Waals surface area contributed by atoms with E-state index in [0.717, 1.165) is 12.8 Å². The molecule has 0 radical (unpaired) electrons. The molecule has 1 aromatic rings. The first kappa shape index (κ1) is 18.8. The molecule has 1 saturated carbocycles. The first-order chi connectivity index (χ1) is 12.1. The molecule has 0 atom stereocenters. The minimum Gasteiger partial charge on any atom is -0.381 e. The summed E-state index contributed by atoms with van der Waals surface area (Å²) in [6.45, 7) is 1.91. The summed E-state index contributed by atoms with van der Waals surface area (Å²) in [7, 11) is -3.51. The van der Waals surface area contributed by atoms with Crippen molar-refractivity contribution in [2.75, 3.05) is 26.3 Å². The number of rotatable bonds is 6. The monoisotopic (exact) mass is 366 g/mol. The predicted octanol–water partition coefficient (Wildman–Crippen LogP) is 2.86. The third-order valence-electron chi connectivity index (χ3n) is 5.51. The fourth-order valence-corrected chi connectivity index (χ4v) is 5.78. The lowest BCUT2D eigenvalue weighted by Gasteiger charge is -2.33. The van der Waals surface area contributed by atoms with Crippen LogP contribution < -0.4 is 5.73 Å². The second-order valence-corrected chi connectivity index (χ2v) is 9.04. The molecule has 0 spiro atoms. The summed E-state index contributed by atoms with van der Waals surface area (Å²) in [5, 5.41) is 0. The van der Waals surface area contributed by atoms with E-state index in [-0.39, 0.29) is 6.04 Å². The Hall–Kier alpha value is -0.950. The van der Waals surface area contributed by atoms with Gasteiger partial charge in [0.2, 0.25) is 10.0 Å². The smallest absolute Gasteiger partial charge is 0.243 e. The molecule has 25 heavy (non-hydrogen) atoms. The van der Waals surface area contributed by atoms with Crippen molar-refractivity contribution in [3.63, 3.8) is 0 Å². The molecule has 2 N–H and O–H groups in total. The number of sulfonamides is 1. The molecule has 2 fully saturated rings. The SMILES string of the molecule is NCCN(C1CCOCC1)S(=O)(=O)c1ccc(C2CCCCC2)cc1. The molecule has 0 aromatic heterocycles. The fraction of sp³-hybridized carbons (Fsp3) is 0.684. The molecule has 5 nitrogen and oxygen atoms in total. The van der Waals surface area contributed by atoms with Gasteiger partial charge in [0.05, 0.1) is 4.90 Å². The quantitative estimate of drug-likeness (QED) is 0.840. The van der Waals surface area contributed by atoms with Gasteiger partial charge in [-0.25, -0.2) is 8.42 Å². The van der Waals surface area contributed by atoms with Gasteiger partial charge < -0.3 is 10.5 Å². The first-order valence-electron chi connectivity index (χ1n) is 9.52. The lowest BCUT2D eigenvalue weighted by molar-refractivity contribution is 0.0590. The van der Waals surface area contributed by atoms with Crippen molar-refractivity contribution in [3.8, 4) is 0 Å². The van der Waals surface area contributed by atoms with Gasteiger partial charge in [-0.1, -0.05) is 31.4 Å². The molecular weight excluding hydrogens is 336 g/mol.